The van der Waals surface area contributed by atoms with E-state index in [4.69, 9.17) is 0 Å². The number of benzene rings is 2. The van der Waals surface area contributed by atoms with Gasteiger partial charge in [0.05, 0.1) is 0 Å². The number of likely N-dealkylation sites (N-methyl/N-ethyl adjacent to an activating group) is 1. The molecular weight excluding hydrogens is 280 g/mol. The number of fused-ring (bicyclic) bond motifs is 2. The first-order chi connectivity index (χ1) is 11.3. The molecule has 0 amide bonds. The van der Waals surface area contributed by atoms with Crippen molar-refractivity contribution in [1.82, 2.24) is 9.80 Å². The summed E-state index contributed by atoms with van der Waals surface area (Å²) in [5.74, 6) is 0.488. The Kier molecular flexibility index (Phi) is 4.19. The Morgan fingerprint density at radius 1 is 0.826 bits per heavy atom. The lowest BCUT2D eigenvalue weighted by molar-refractivity contribution is 0.0137. The summed E-state index contributed by atoms with van der Waals surface area (Å²) >= 11 is 0. The zero-order valence-electron chi connectivity index (χ0n) is 13.9. The number of rotatable bonds is 3. The topological polar surface area (TPSA) is 6.48 Å². The molecule has 0 radical (unpaired) electrons. The van der Waals surface area contributed by atoms with Gasteiger partial charge in [0, 0.05) is 37.6 Å². The van der Waals surface area contributed by atoms with Crippen LogP contribution in [0.25, 0.3) is 0 Å². The van der Waals surface area contributed by atoms with Crippen molar-refractivity contribution < 1.29 is 0 Å². The molecule has 2 aliphatic heterocycles. The highest BCUT2D eigenvalue weighted by atomic mass is 15.3. The largest absolute Gasteiger partial charge is 0.301 e. The summed E-state index contributed by atoms with van der Waals surface area (Å²) in [4.78, 5) is 5.30. The predicted molar refractivity (Wildman–Crippen MR) is 95.7 cm³/mol. The summed E-state index contributed by atoms with van der Waals surface area (Å²) in [5.41, 5.74) is 2.92. The lowest BCUT2D eigenvalue weighted by Gasteiger charge is -2.50. The molecule has 2 bridgehead atoms. The fourth-order valence-electron chi connectivity index (χ4n) is 4.46. The molecule has 2 aliphatic rings. The Balaban J connectivity index is 1.69. The van der Waals surface area contributed by atoms with E-state index in [1.807, 2.05) is 0 Å². The molecule has 0 spiro atoms. The maximum absolute atomic E-state index is 2.75. The Hall–Kier alpha value is -1.64. The van der Waals surface area contributed by atoms with E-state index in [1.165, 1.54) is 43.6 Å². The van der Waals surface area contributed by atoms with Crippen LogP contribution in [0.2, 0.25) is 0 Å². The predicted octanol–water partition coefficient (Wildman–Crippen LogP) is 3.60. The minimum absolute atomic E-state index is 0.488. The van der Waals surface area contributed by atoms with Gasteiger partial charge in [-0.1, -0.05) is 60.7 Å². The lowest BCUT2D eigenvalue weighted by Crippen LogP contribution is -2.59. The van der Waals surface area contributed by atoms with Crippen molar-refractivity contribution >= 4 is 0 Å². The molecular formula is C21H26N2. The third kappa shape index (κ3) is 2.93. The fraction of sp³-hybridized carbons (Fsp3) is 0.429. The maximum Gasteiger partial charge on any atom is 0.0245 e. The summed E-state index contributed by atoms with van der Waals surface area (Å²) in [6, 6.07) is 23.6. The van der Waals surface area contributed by atoms with Crippen LogP contribution in [0, 0.1) is 0 Å². The minimum atomic E-state index is 0.488. The van der Waals surface area contributed by atoms with E-state index in [0.29, 0.717) is 12.0 Å². The van der Waals surface area contributed by atoms with Crippen LogP contribution in [0.5, 0.6) is 0 Å². The van der Waals surface area contributed by atoms with Crippen molar-refractivity contribution in [1.29, 1.82) is 0 Å². The molecule has 0 aromatic heterocycles. The van der Waals surface area contributed by atoms with E-state index in [-0.39, 0.29) is 0 Å². The van der Waals surface area contributed by atoms with Gasteiger partial charge in [0.1, 0.15) is 0 Å². The second-order valence-corrected chi connectivity index (χ2v) is 7.07. The van der Waals surface area contributed by atoms with Crippen molar-refractivity contribution in [3.63, 3.8) is 0 Å². The van der Waals surface area contributed by atoms with Gasteiger partial charge < -0.3 is 4.90 Å². The molecule has 2 heterocycles. The highest BCUT2D eigenvalue weighted by Gasteiger charge is 2.38. The second kappa shape index (κ2) is 6.46. The van der Waals surface area contributed by atoms with Gasteiger partial charge in [0.2, 0.25) is 0 Å². The zero-order valence-corrected chi connectivity index (χ0v) is 13.9. The maximum atomic E-state index is 2.75. The first kappa shape index (κ1) is 14.9. The monoisotopic (exact) mass is 306 g/mol. The first-order valence-electron chi connectivity index (χ1n) is 8.87. The van der Waals surface area contributed by atoms with Gasteiger partial charge in [0.25, 0.3) is 0 Å². The van der Waals surface area contributed by atoms with Crippen molar-refractivity contribution in [2.24, 2.45) is 0 Å². The molecule has 120 valence electrons. The van der Waals surface area contributed by atoms with Crippen molar-refractivity contribution in [3.05, 3.63) is 71.8 Å². The van der Waals surface area contributed by atoms with Crippen LogP contribution in [-0.4, -0.2) is 48.6 Å². The van der Waals surface area contributed by atoms with Crippen LogP contribution >= 0.6 is 0 Å². The minimum Gasteiger partial charge on any atom is -0.301 e. The zero-order chi connectivity index (χ0) is 15.6. The van der Waals surface area contributed by atoms with Gasteiger partial charge >= 0.3 is 0 Å². The van der Waals surface area contributed by atoms with Crippen LogP contribution in [0.15, 0.2) is 60.7 Å². The number of piperidine rings is 1. The average Bonchev–Trinajstić information content (AvgIpc) is 2.62. The first-order valence-corrected chi connectivity index (χ1v) is 8.87. The van der Waals surface area contributed by atoms with Gasteiger partial charge in [-0.2, -0.15) is 0 Å². The third-order valence-electron chi connectivity index (χ3n) is 5.78. The molecule has 1 unspecified atom stereocenters. The molecule has 0 N–H and O–H groups in total. The molecule has 2 aromatic rings. The van der Waals surface area contributed by atoms with Crippen LogP contribution < -0.4 is 0 Å². The van der Waals surface area contributed by atoms with E-state index in [0.717, 1.165) is 6.04 Å². The summed E-state index contributed by atoms with van der Waals surface area (Å²) < 4.78 is 0. The number of nitrogens with zero attached hydrogens (tertiary/aromatic N) is 2. The molecule has 0 aliphatic carbocycles. The van der Waals surface area contributed by atoms with Gasteiger partial charge in [-0.05, 0) is 31.0 Å². The molecule has 2 nitrogen and oxygen atoms in total. The molecule has 23 heavy (non-hydrogen) atoms. The number of hydrogen-bond donors (Lipinski definition) is 0. The molecule has 2 saturated heterocycles. The Morgan fingerprint density at radius 2 is 1.43 bits per heavy atom. The highest BCUT2D eigenvalue weighted by molar-refractivity contribution is 5.34. The number of hydrogen-bond acceptors (Lipinski definition) is 2. The Bertz CT molecular complexity index is 585. The molecule has 3 atom stereocenters. The molecule has 2 heteroatoms. The van der Waals surface area contributed by atoms with Crippen LogP contribution in [0.1, 0.15) is 29.9 Å². The summed E-state index contributed by atoms with van der Waals surface area (Å²) in [5, 5.41) is 0. The Morgan fingerprint density at radius 3 is 2.04 bits per heavy atom. The lowest BCUT2D eigenvalue weighted by atomic mass is 9.79. The second-order valence-electron chi connectivity index (χ2n) is 7.07. The van der Waals surface area contributed by atoms with Crippen LogP contribution in [-0.2, 0) is 0 Å². The van der Waals surface area contributed by atoms with Gasteiger partial charge in [-0.15, -0.1) is 0 Å². The van der Waals surface area contributed by atoms with E-state index in [2.05, 4.69) is 77.5 Å². The van der Waals surface area contributed by atoms with Gasteiger partial charge in [-0.3, -0.25) is 4.90 Å². The van der Waals surface area contributed by atoms with Crippen molar-refractivity contribution in [3.8, 4) is 0 Å². The molecule has 2 aromatic carbocycles. The van der Waals surface area contributed by atoms with Gasteiger partial charge in [-0.25, -0.2) is 0 Å². The van der Waals surface area contributed by atoms with Crippen LogP contribution in [0.4, 0.5) is 0 Å². The standard InChI is InChI=1S/C21H26N2/c1-22-14-15-23-16-19(22)12-13-20(23)21(17-8-4-2-5-9-17)18-10-6-3-7-11-18/h2-11,19-21H,12-16H2,1H3/t19-,20-/m1/s1. The third-order valence-corrected chi connectivity index (χ3v) is 5.78. The fourth-order valence-corrected chi connectivity index (χ4v) is 4.46. The normalized spacial score (nSPS) is 28.0. The van der Waals surface area contributed by atoms with Gasteiger partial charge in [0.15, 0.2) is 0 Å². The SMILES string of the molecule is CN1CCN2C[C@H]1CC[C@@H]2C(c1ccccc1)c1ccccc1. The summed E-state index contributed by atoms with van der Waals surface area (Å²) in [7, 11) is 2.29. The molecule has 4 rings (SSSR count). The molecule has 0 saturated carbocycles. The summed E-state index contributed by atoms with van der Waals surface area (Å²) in [6.07, 6.45) is 2.62. The molecule has 2 fully saturated rings. The quantitative estimate of drug-likeness (QED) is 0.855. The van der Waals surface area contributed by atoms with Crippen LogP contribution in [0.3, 0.4) is 0 Å². The van der Waals surface area contributed by atoms with Crippen molar-refractivity contribution in [2.45, 2.75) is 30.8 Å². The summed E-state index contributed by atoms with van der Waals surface area (Å²) in [6.45, 7) is 3.64. The van der Waals surface area contributed by atoms with E-state index in [9.17, 15) is 0 Å². The smallest absolute Gasteiger partial charge is 0.0245 e. The van der Waals surface area contributed by atoms with E-state index in [1.54, 1.807) is 0 Å². The van der Waals surface area contributed by atoms with E-state index >= 15 is 0 Å². The average molecular weight is 306 g/mol. The van der Waals surface area contributed by atoms with E-state index < -0.39 is 0 Å². The Labute approximate surface area is 139 Å². The van der Waals surface area contributed by atoms with Crippen molar-refractivity contribution in [2.75, 3.05) is 26.7 Å². The highest BCUT2D eigenvalue weighted by Crippen LogP contribution is 2.37. The number of piperazine rings is 1.